The van der Waals surface area contributed by atoms with Crippen molar-refractivity contribution >= 4 is 11.9 Å². The number of hydrogen-bond donors (Lipinski definition) is 1. The minimum Gasteiger partial charge on any atom is -0.481 e. The van der Waals surface area contributed by atoms with E-state index in [0.717, 1.165) is 24.1 Å². The van der Waals surface area contributed by atoms with Crippen LogP contribution in [-0.4, -0.2) is 59.5 Å². The maximum absolute atomic E-state index is 13.2. The van der Waals surface area contributed by atoms with Crippen LogP contribution in [0.15, 0.2) is 54.6 Å². The summed E-state index contributed by atoms with van der Waals surface area (Å²) in [5.74, 6) is -0.738. The van der Waals surface area contributed by atoms with Crippen molar-refractivity contribution in [1.82, 2.24) is 9.80 Å². The fourth-order valence-corrected chi connectivity index (χ4v) is 4.81. The lowest BCUT2D eigenvalue weighted by Crippen LogP contribution is -2.63. The summed E-state index contributed by atoms with van der Waals surface area (Å²) in [6, 6.07) is 17.6. The number of likely N-dealkylation sites (tertiary alicyclic amines) is 2. The van der Waals surface area contributed by atoms with Gasteiger partial charge in [-0.25, -0.2) is 0 Å². The van der Waals surface area contributed by atoms with Gasteiger partial charge in [0.1, 0.15) is 0 Å². The normalized spacial score (nSPS) is 25.2. The summed E-state index contributed by atoms with van der Waals surface area (Å²) in [6.45, 7) is 1.84. The zero-order valence-electron chi connectivity index (χ0n) is 16.2. The minimum absolute atomic E-state index is 0.0178. The Morgan fingerprint density at radius 3 is 2.50 bits per heavy atom. The Morgan fingerprint density at radius 1 is 1.00 bits per heavy atom. The number of amides is 1. The fourth-order valence-electron chi connectivity index (χ4n) is 4.81. The van der Waals surface area contributed by atoms with Crippen molar-refractivity contribution in [2.45, 2.75) is 25.3 Å². The van der Waals surface area contributed by atoms with Crippen LogP contribution in [0.1, 0.15) is 29.6 Å². The number of likely N-dealkylation sites (N-methyl/N-ethyl adjacent to an activating group) is 1. The first-order valence-electron chi connectivity index (χ1n) is 9.90. The quantitative estimate of drug-likeness (QED) is 0.890. The van der Waals surface area contributed by atoms with Crippen LogP contribution < -0.4 is 0 Å². The maximum Gasteiger partial charge on any atom is 0.311 e. The molecule has 0 aromatic heterocycles. The van der Waals surface area contributed by atoms with E-state index >= 15 is 0 Å². The predicted molar refractivity (Wildman–Crippen MR) is 108 cm³/mol. The molecular formula is C23H26N2O3. The Labute approximate surface area is 165 Å². The second-order valence-electron chi connectivity index (χ2n) is 8.01. The molecule has 28 heavy (non-hydrogen) atoms. The van der Waals surface area contributed by atoms with E-state index in [0.29, 0.717) is 31.5 Å². The highest BCUT2D eigenvalue weighted by molar-refractivity contribution is 5.95. The van der Waals surface area contributed by atoms with Gasteiger partial charge < -0.3 is 14.9 Å². The van der Waals surface area contributed by atoms with Crippen LogP contribution in [0.2, 0.25) is 0 Å². The van der Waals surface area contributed by atoms with Crippen LogP contribution >= 0.6 is 0 Å². The summed E-state index contributed by atoms with van der Waals surface area (Å²) < 4.78 is 0. The third kappa shape index (κ3) is 3.20. The van der Waals surface area contributed by atoms with Gasteiger partial charge in [0.25, 0.3) is 5.91 Å². The Hall–Kier alpha value is -2.66. The van der Waals surface area contributed by atoms with Crippen molar-refractivity contribution in [3.8, 4) is 11.1 Å². The summed E-state index contributed by atoms with van der Waals surface area (Å²) >= 11 is 0. The van der Waals surface area contributed by atoms with E-state index in [2.05, 4.69) is 4.90 Å². The first-order valence-corrected chi connectivity index (χ1v) is 9.90. The molecule has 1 amide bonds. The van der Waals surface area contributed by atoms with Gasteiger partial charge in [0.15, 0.2) is 0 Å². The number of carbonyl (C=O) groups excluding carboxylic acids is 1. The number of carbonyl (C=O) groups is 2. The standard InChI is InChI=1S/C23H26N2O3/c1-24-13-6-11-23(22(27)28)12-14-25(16-20(23)24)21(26)19-10-5-9-18(15-19)17-7-3-2-4-8-17/h2-5,7-10,15,20H,6,11-14,16H2,1H3,(H,27,28)/t20-,23+/m1/s1. The number of nitrogens with zero attached hydrogens (tertiary/aromatic N) is 2. The van der Waals surface area contributed by atoms with E-state index in [1.165, 1.54) is 0 Å². The minimum atomic E-state index is -0.727. The molecule has 2 aliphatic rings. The summed E-state index contributed by atoms with van der Waals surface area (Å²) in [7, 11) is 1.98. The van der Waals surface area contributed by atoms with Crippen LogP contribution in [0.25, 0.3) is 11.1 Å². The predicted octanol–water partition coefficient (Wildman–Crippen LogP) is 3.36. The fraction of sp³-hybridized carbons (Fsp3) is 0.391. The molecular weight excluding hydrogens is 352 g/mol. The van der Waals surface area contributed by atoms with Gasteiger partial charge in [-0.1, -0.05) is 42.5 Å². The first-order chi connectivity index (χ1) is 13.5. The number of hydrogen-bond acceptors (Lipinski definition) is 3. The molecule has 0 aliphatic carbocycles. The number of rotatable bonds is 3. The molecule has 146 valence electrons. The third-order valence-corrected chi connectivity index (χ3v) is 6.45. The van der Waals surface area contributed by atoms with Gasteiger partial charge in [-0.2, -0.15) is 0 Å². The van der Waals surface area contributed by atoms with Crippen LogP contribution in [-0.2, 0) is 4.79 Å². The van der Waals surface area contributed by atoms with Gasteiger partial charge in [0, 0.05) is 24.7 Å². The van der Waals surface area contributed by atoms with E-state index < -0.39 is 11.4 Å². The molecule has 4 rings (SSSR count). The van der Waals surface area contributed by atoms with Crippen LogP contribution in [0.3, 0.4) is 0 Å². The van der Waals surface area contributed by atoms with Crippen molar-refractivity contribution in [2.75, 3.05) is 26.7 Å². The number of benzene rings is 2. The highest BCUT2D eigenvalue weighted by Gasteiger charge is 2.52. The molecule has 2 aromatic rings. The molecule has 2 aromatic carbocycles. The molecule has 0 bridgehead atoms. The van der Waals surface area contributed by atoms with Crippen LogP contribution in [0.4, 0.5) is 0 Å². The van der Waals surface area contributed by atoms with E-state index in [1.807, 2.05) is 66.5 Å². The Kier molecular flexibility index (Phi) is 4.94. The highest BCUT2D eigenvalue weighted by atomic mass is 16.4. The Balaban J connectivity index is 1.57. The molecule has 0 saturated carbocycles. The molecule has 0 radical (unpaired) electrons. The molecule has 2 aliphatic heterocycles. The lowest BCUT2D eigenvalue weighted by molar-refractivity contribution is -0.161. The topological polar surface area (TPSA) is 60.9 Å². The zero-order valence-corrected chi connectivity index (χ0v) is 16.2. The highest BCUT2D eigenvalue weighted by Crippen LogP contribution is 2.42. The monoisotopic (exact) mass is 378 g/mol. The maximum atomic E-state index is 13.2. The van der Waals surface area contributed by atoms with E-state index in [-0.39, 0.29) is 11.9 Å². The third-order valence-electron chi connectivity index (χ3n) is 6.45. The second kappa shape index (κ2) is 7.40. The van der Waals surface area contributed by atoms with Crippen LogP contribution in [0.5, 0.6) is 0 Å². The second-order valence-corrected chi connectivity index (χ2v) is 8.01. The average Bonchev–Trinajstić information content (AvgIpc) is 2.74. The number of carboxylic acid groups (broad SMARTS) is 1. The van der Waals surface area contributed by atoms with Gasteiger partial charge in [0.05, 0.1) is 5.41 Å². The van der Waals surface area contributed by atoms with Crippen molar-refractivity contribution in [2.24, 2.45) is 5.41 Å². The number of piperidine rings is 2. The molecule has 5 nitrogen and oxygen atoms in total. The lowest BCUT2D eigenvalue weighted by atomic mass is 9.68. The van der Waals surface area contributed by atoms with Crippen LogP contribution in [0, 0.1) is 5.41 Å². The van der Waals surface area contributed by atoms with Crippen molar-refractivity contribution in [3.63, 3.8) is 0 Å². The number of fused-ring (bicyclic) bond motifs is 1. The molecule has 2 fully saturated rings. The van der Waals surface area contributed by atoms with Gasteiger partial charge in [0.2, 0.25) is 0 Å². The van der Waals surface area contributed by atoms with Crippen molar-refractivity contribution < 1.29 is 14.7 Å². The Morgan fingerprint density at radius 2 is 1.75 bits per heavy atom. The van der Waals surface area contributed by atoms with E-state index in [1.54, 1.807) is 0 Å². The molecule has 2 atom stereocenters. The van der Waals surface area contributed by atoms with Gasteiger partial charge >= 0.3 is 5.97 Å². The summed E-state index contributed by atoms with van der Waals surface area (Å²) in [4.78, 5) is 29.2. The number of carboxylic acids is 1. The van der Waals surface area contributed by atoms with Gasteiger partial charge in [-0.05, 0) is 56.1 Å². The first kappa shape index (κ1) is 18.7. The summed E-state index contributed by atoms with van der Waals surface area (Å²) in [5.41, 5.74) is 2.02. The zero-order chi connectivity index (χ0) is 19.7. The molecule has 0 spiro atoms. The summed E-state index contributed by atoms with van der Waals surface area (Å²) in [5, 5.41) is 9.92. The smallest absolute Gasteiger partial charge is 0.311 e. The van der Waals surface area contributed by atoms with Crippen molar-refractivity contribution in [1.29, 1.82) is 0 Å². The van der Waals surface area contributed by atoms with E-state index in [4.69, 9.17) is 0 Å². The van der Waals surface area contributed by atoms with E-state index in [9.17, 15) is 14.7 Å². The molecule has 5 heteroatoms. The van der Waals surface area contributed by atoms with Gasteiger partial charge in [-0.3, -0.25) is 9.59 Å². The molecule has 0 unspecified atom stereocenters. The van der Waals surface area contributed by atoms with Crippen molar-refractivity contribution in [3.05, 3.63) is 60.2 Å². The SMILES string of the molecule is CN1CCC[C@]2(C(=O)O)CCN(C(=O)c3cccc(-c4ccccc4)c3)C[C@@H]12. The average molecular weight is 378 g/mol. The number of aliphatic carboxylic acids is 1. The lowest BCUT2D eigenvalue weighted by Gasteiger charge is -2.51. The molecule has 2 heterocycles. The molecule has 1 N–H and O–H groups in total. The summed E-state index contributed by atoms with van der Waals surface area (Å²) in [6.07, 6.45) is 2.11. The molecule has 2 saturated heterocycles. The van der Waals surface area contributed by atoms with Gasteiger partial charge in [-0.15, -0.1) is 0 Å². The largest absolute Gasteiger partial charge is 0.481 e. The Bertz CT molecular complexity index is 882.